The smallest absolute Gasteiger partial charge is 0.269 e. The number of hydrogen-bond acceptors (Lipinski definition) is 6. The van der Waals surface area contributed by atoms with Crippen molar-refractivity contribution in [3.63, 3.8) is 0 Å². The van der Waals surface area contributed by atoms with Crippen LogP contribution < -0.4 is 20.3 Å². The van der Waals surface area contributed by atoms with Gasteiger partial charge in [0.1, 0.15) is 34.4 Å². The molecule has 35 heavy (non-hydrogen) atoms. The minimum absolute atomic E-state index is 0.00610. The molecular weight excluding hydrogens is 444 g/mol. The van der Waals surface area contributed by atoms with Crippen molar-refractivity contribution in [2.24, 2.45) is 0 Å². The van der Waals surface area contributed by atoms with Gasteiger partial charge in [0.25, 0.3) is 11.5 Å². The molecule has 0 saturated carbocycles. The van der Waals surface area contributed by atoms with E-state index in [1.807, 2.05) is 32.0 Å². The summed E-state index contributed by atoms with van der Waals surface area (Å²) in [4.78, 5) is 30.6. The molecule has 0 radical (unpaired) electrons. The van der Waals surface area contributed by atoms with Gasteiger partial charge in [-0.15, -0.1) is 0 Å². The lowest BCUT2D eigenvalue weighted by molar-refractivity contribution is -0.112. The Balaban J connectivity index is 1.73. The van der Waals surface area contributed by atoms with Crippen molar-refractivity contribution >= 4 is 23.3 Å². The maximum Gasteiger partial charge on any atom is 0.269 e. The number of anilines is 1. The number of carbonyl (C=O) groups excluding carboxylic acids is 1. The number of benzene rings is 2. The van der Waals surface area contributed by atoms with E-state index < -0.39 is 11.5 Å². The highest BCUT2D eigenvalue weighted by molar-refractivity contribution is 6.09. The van der Waals surface area contributed by atoms with E-state index in [2.05, 4.69) is 10.3 Å². The number of carbonyl (C=O) groups is 1. The van der Waals surface area contributed by atoms with E-state index in [0.29, 0.717) is 29.4 Å². The highest BCUT2D eigenvalue weighted by Gasteiger charge is 2.17. The van der Waals surface area contributed by atoms with Crippen molar-refractivity contribution in [1.29, 1.82) is 5.26 Å². The quantitative estimate of drug-likeness (QED) is 0.312. The summed E-state index contributed by atoms with van der Waals surface area (Å²) < 4.78 is 12.7. The number of hydrogen-bond donors (Lipinski definition) is 1. The Labute approximate surface area is 201 Å². The van der Waals surface area contributed by atoms with Gasteiger partial charge in [-0.2, -0.15) is 10.2 Å². The third-order valence-electron chi connectivity index (χ3n) is 5.02. The third-order valence-corrected chi connectivity index (χ3v) is 5.02. The molecule has 1 N–H and O–H groups in total. The Kier molecular flexibility index (Phi) is 6.88. The molecule has 2 aromatic heterocycles. The maximum atomic E-state index is 13.3. The molecule has 4 aromatic rings. The fourth-order valence-electron chi connectivity index (χ4n) is 3.37. The van der Waals surface area contributed by atoms with Gasteiger partial charge in [-0.25, -0.2) is 0 Å². The zero-order chi connectivity index (χ0) is 24.8. The molecule has 1 amide bonds. The molecule has 0 aliphatic heterocycles. The second-order valence-electron chi connectivity index (χ2n) is 7.56. The Morgan fingerprint density at radius 2 is 1.91 bits per heavy atom. The van der Waals surface area contributed by atoms with Crippen LogP contribution in [-0.2, 0) is 4.79 Å². The Morgan fingerprint density at radius 1 is 1.11 bits per heavy atom. The molecule has 0 aliphatic rings. The van der Waals surface area contributed by atoms with Crippen LogP contribution in [0.2, 0.25) is 0 Å². The summed E-state index contributed by atoms with van der Waals surface area (Å²) in [5.74, 6) is 0.461. The zero-order valence-corrected chi connectivity index (χ0v) is 19.2. The second-order valence-corrected chi connectivity index (χ2v) is 7.56. The minimum Gasteiger partial charge on any atom is -0.494 e. The Hall–Kier alpha value is -4.90. The van der Waals surface area contributed by atoms with Crippen LogP contribution in [0, 0.1) is 18.3 Å². The Morgan fingerprint density at radius 3 is 2.63 bits per heavy atom. The van der Waals surface area contributed by atoms with Crippen LogP contribution in [0.15, 0.2) is 83.3 Å². The van der Waals surface area contributed by atoms with Gasteiger partial charge in [-0.3, -0.25) is 14.0 Å². The number of ether oxygens (including phenoxy) is 2. The molecule has 0 atom stereocenters. The van der Waals surface area contributed by atoms with E-state index in [9.17, 15) is 14.9 Å². The first-order valence-corrected chi connectivity index (χ1v) is 10.9. The molecule has 0 aliphatic carbocycles. The van der Waals surface area contributed by atoms with Crippen LogP contribution in [0.3, 0.4) is 0 Å². The predicted molar refractivity (Wildman–Crippen MR) is 133 cm³/mol. The second kappa shape index (κ2) is 10.4. The standard InChI is InChI=1S/C27H22N4O4/c1-3-34-21-12-10-20(11-13-21)29-25(32)19(17-28)16-23-26(35-22-8-6-7-18(2)15-22)30-24-9-4-5-14-31(24)27(23)33/h4-16H,3H2,1-2H3,(H,29,32)/b19-16+. The molecule has 8 nitrogen and oxygen atoms in total. The first-order valence-electron chi connectivity index (χ1n) is 10.9. The summed E-state index contributed by atoms with van der Waals surface area (Å²) in [6.45, 7) is 4.31. The number of rotatable bonds is 7. The van der Waals surface area contributed by atoms with E-state index in [1.165, 1.54) is 10.5 Å². The van der Waals surface area contributed by atoms with E-state index in [1.54, 1.807) is 60.8 Å². The van der Waals surface area contributed by atoms with E-state index >= 15 is 0 Å². The summed E-state index contributed by atoms with van der Waals surface area (Å²) >= 11 is 0. The average Bonchev–Trinajstić information content (AvgIpc) is 2.85. The van der Waals surface area contributed by atoms with Crippen molar-refractivity contribution in [1.82, 2.24) is 9.38 Å². The fraction of sp³-hybridized carbons (Fsp3) is 0.111. The average molecular weight is 466 g/mol. The lowest BCUT2D eigenvalue weighted by Gasteiger charge is -2.11. The number of nitrogens with zero attached hydrogens (tertiary/aromatic N) is 3. The van der Waals surface area contributed by atoms with E-state index in [-0.39, 0.29) is 17.0 Å². The van der Waals surface area contributed by atoms with Crippen molar-refractivity contribution in [2.75, 3.05) is 11.9 Å². The van der Waals surface area contributed by atoms with Crippen molar-refractivity contribution in [3.8, 4) is 23.4 Å². The number of aromatic nitrogens is 2. The van der Waals surface area contributed by atoms with Gasteiger partial charge in [-0.1, -0.05) is 18.2 Å². The SMILES string of the molecule is CCOc1ccc(NC(=O)/C(C#N)=C/c2c(Oc3cccc(C)c3)nc3ccccn3c2=O)cc1. The van der Waals surface area contributed by atoms with Crippen LogP contribution in [0.25, 0.3) is 11.7 Å². The molecule has 8 heteroatoms. The summed E-state index contributed by atoms with van der Waals surface area (Å²) in [7, 11) is 0. The molecular formula is C27H22N4O4. The Bertz CT molecular complexity index is 1520. The van der Waals surface area contributed by atoms with Gasteiger partial charge in [-0.05, 0) is 74.0 Å². The predicted octanol–water partition coefficient (Wildman–Crippen LogP) is 4.74. The fourth-order valence-corrected chi connectivity index (χ4v) is 3.37. The van der Waals surface area contributed by atoms with Gasteiger partial charge in [0.2, 0.25) is 5.88 Å². The maximum absolute atomic E-state index is 13.3. The van der Waals surface area contributed by atoms with E-state index in [4.69, 9.17) is 9.47 Å². The van der Waals surface area contributed by atoms with Crippen molar-refractivity contribution in [2.45, 2.75) is 13.8 Å². The number of amides is 1. The van der Waals surface area contributed by atoms with E-state index in [0.717, 1.165) is 5.56 Å². The van der Waals surface area contributed by atoms with Crippen molar-refractivity contribution in [3.05, 3.63) is 100.0 Å². The van der Waals surface area contributed by atoms with Gasteiger partial charge >= 0.3 is 0 Å². The third kappa shape index (κ3) is 5.37. The number of aryl methyl sites for hydroxylation is 1. The van der Waals surface area contributed by atoms with Gasteiger partial charge < -0.3 is 14.8 Å². The first-order chi connectivity index (χ1) is 17.0. The topological polar surface area (TPSA) is 106 Å². The first kappa shape index (κ1) is 23.3. The van der Waals surface area contributed by atoms with Gasteiger partial charge in [0.15, 0.2) is 0 Å². The van der Waals surface area contributed by atoms with Gasteiger partial charge in [0, 0.05) is 11.9 Å². The van der Waals surface area contributed by atoms with Crippen LogP contribution in [0.1, 0.15) is 18.1 Å². The molecule has 0 bridgehead atoms. The molecule has 0 unspecified atom stereocenters. The number of nitrogens with one attached hydrogen (secondary N) is 1. The molecule has 2 heterocycles. The molecule has 0 saturated heterocycles. The zero-order valence-electron chi connectivity index (χ0n) is 19.2. The van der Waals surface area contributed by atoms with Crippen LogP contribution in [0.5, 0.6) is 17.4 Å². The normalized spacial score (nSPS) is 11.1. The van der Waals surface area contributed by atoms with Crippen molar-refractivity contribution < 1.29 is 14.3 Å². The molecule has 0 spiro atoms. The molecule has 0 fully saturated rings. The van der Waals surface area contributed by atoms with Gasteiger partial charge in [0.05, 0.1) is 6.61 Å². The van der Waals surface area contributed by atoms with Crippen LogP contribution in [-0.4, -0.2) is 21.9 Å². The molecule has 4 rings (SSSR count). The molecule has 174 valence electrons. The number of nitriles is 1. The summed E-state index contributed by atoms with van der Waals surface area (Å²) in [6, 6.07) is 21.0. The largest absolute Gasteiger partial charge is 0.494 e. The number of fused-ring (bicyclic) bond motifs is 1. The molecule has 2 aromatic carbocycles. The highest BCUT2D eigenvalue weighted by Crippen LogP contribution is 2.25. The highest BCUT2D eigenvalue weighted by atomic mass is 16.5. The summed E-state index contributed by atoms with van der Waals surface area (Å²) in [5.41, 5.74) is 1.04. The summed E-state index contributed by atoms with van der Waals surface area (Å²) in [5, 5.41) is 12.4. The van der Waals surface area contributed by atoms with Crippen LogP contribution >= 0.6 is 0 Å². The monoisotopic (exact) mass is 466 g/mol. The summed E-state index contributed by atoms with van der Waals surface area (Å²) in [6.07, 6.45) is 2.76. The van der Waals surface area contributed by atoms with Crippen LogP contribution in [0.4, 0.5) is 5.69 Å². The lowest BCUT2D eigenvalue weighted by Crippen LogP contribution is -2.20. The minimum atomic E-state index is -0.671. The lowest BCUT2D eigenvalue weighted by atomic mass is 10.1. The number of pyridine rings is 1.